The van der Waals surface area contributed by atoms with E-state index in [2.05, 4.69) is 25.3 Å². The van der Waals surface area contributed by atoms with Crippen LogP contribution in [0.5, 0.6) is 0 Å². The lowest BCUT2D eigenvalue weighted by molar-refractivity contribution is 0.102. The molecule has 8 nitrogen and oxygen atoms in total. The van der Waals surface area contributed by atoms with E-state index in [1.165, 1.54) is 18.2 Å². The van der Waals surface area contributed by atoms with Crippen molar-refractivity contribution in [2.24, 2.45) is 0 Å². The molecule has 4 aromatic rings. The van der Waals surface area contributed by atoms with Crippen molar-refractivity contribution >= 4 is 23.2 Å². The first-order chi connectivity index (χ1) is 15.4. The van der Waals surface area contributed by atoms with Crippen molar-refractivity contribution in [1.29, 1.82) is 0 Å². The number of carbonyl (C=O) groups is 2. The fourth-order valence-corrected chi connectivity index (χ4v) is 3.15. The van der Waals surface area contributed by atoms with Gasteiger partial charge in [-0.1, -0.05) is 41.6 Å². The van der Waals surface area contributed by atoms with Crippen molar-refractivity contribution in [1.82, 2.24) is 10.1 Å². The quantitative estimate of drug-likeness (QED) is 0.441. The number of hydrogen-bond acceptors (Lipinski definition) is 5. The maximum absolute atomic E-state index is 14.0. The van der Waals surface area contributed by atoms with E-state index in [1.807, 2.05) is 0 Å². The number of nitrogens with one attached hydrogen (secondary N) is 3. The SMILES string of the molecule is Cc1cccc(C(=O)Nc2cccc(-c3noc(=O)[nH]3)c2)c1NC(=O)c1ccccc1F. The van der Waals surface area contributed by atoms with Crippen LogP contribution in [-0.4, -0.2) is 22.0 Å². The first kappa shape index (κ1) is 20.7. The van der Waals surface area contributed by atoms with Crippen LogP contribution in [0.25, 0.3) is 11.4 Å². The molecular weight excluding hydrogens is 415 g/mol. The number of H-pyrrole nitrogens is 1. The monoisotopic (exact) mass is 432 g/mol. The Morgan fingerprint density at radius 3 is 2.41 bits per heavy atom. The van der Waals surface area contributed by atoms with Crippen LogP contribution < -0.4 is 16.4 Å². The lowest BCUT2D eigenvalue weighted by atomic mass is 10.1. The van der Waals surface area contributed by atoms with E-state index in [0.717, 1.165) is 0 Å². The van der Waals surface area contributed by atoms with Crippen molar-refractivity contribution in [2.45, 2.75) is 6.92 Å². The zero-order valence-electron chi connectivity index (χ0n) is 16.8. The Kier molecular flexibility index (Phi) is 5.63. The summed E-state index contributed by atoms with van der Waals surface area (Å²) in [4.78, 5) is 39.2. The summed E-state index contributed by atoms with van der Waals surface area (Å²) in [5, 5.41) is 9.02. The van der Waals surface area contributed by atoms with Gasteiger partial charge in [0.15, 0.2) is 5.82 Å². The van der Waals surface area contributed by atoms with Gasteiger partial charge in [0.25, 0.3) is 11.8 Å². The molecule has 1 heterocycles. The molecule has 160 valence electrons. The zero-order valence-corrected chi connectivity index (χ0v) is 16.8. The summed E-state index contributed by atoms with van der Waals surface area (Å²) < 4.78 is 18.5. The lowest BCUT2D eigenvalue weighted by Gasteiger charge is -2.14. The molecule has 0 radical (unpaired) electrons. The van der Waals surface area contributed by atoms with Crippen LogP contribution in [-0.2, 0) is 0 Å². The second kappa shape index (κ2) is 8.68. The van der Waals surface area contributed by atoms with Crippen molar-refractivity contribution in [3.63, 3.8) is 0 Å². The number of amides is 2. The highest BCUT2D eigenvalue weighted by molar-refractivity contribution is 6.13. The number of hydrogen-bond donors (Lipinski definition) is 3. The number of aromatic amines is 1. The van der Waals surface area contributed by atoms with E-state index in [1.54, 1.807) is 55.5 Å². The Balaban J connectivity index is 1.60. The van der Waals surface area contributed by atoms with Gasteiger partial charge in [0, 0.05) is 11.3 Å². The largest absolute Gasteiger partial charge is 0.439 e. The number of para-hydroxylation sites is 1. The molecule has 0 aliphatic rings. The van der Waals surface area contributed by atoms with Crippen molar-refractivity contribution in [2.75, 3.05) is 10.6 Å². The van der Waals surface area contributed by atoms with Crippen molar-refractivity contribution < 1.29 is 18.5 Å². The van der Waals surface area contributed by atoms with Crippen molar-refractivity contribution in [3.8, 4) is 11.4 Å². The molecule has 1 aromatic heterocycles. The Labute approximate surface area is 181 Å². The van der Waals surface area contributed by atoms with Gasteiger partial charge in [0.1, 0.15) is 5.82 Å². The smallest absolute Gasteiger partial charge is 0.322 e. The predicted molar refractivity (Wildman–Crippen MR) is 116 cm³/mol. The van der Waals surface area contributed by atoms with Crippen LogP contribution in [0.3, 0.4) is 0 Å². The molecule has 0 aliphatic heterocycles. The van der Waals surface area contributed by atoms with Gasteiger partial charge in [-0.15, -0.1) is 0 Å². The summed E-state index contributed by atoms with van der Waals surface area (Å²) >= 11 is 0. The summed E-state index contributed by atoms with van der Waals surface area (Å²) in [5.74, 6) is -2.28. The summed E-state index contributed by atoms with van der Waals surface area (Å²) in [6.45, 7) is 1.73. The van der Waals surface area contributed by atoms with Gasteiger partial charge in [-0.2, -0.15) is 0 Å². The third kappa shape index (κ3) is 4.31. The molecule has 0 bridgehead atoms. The molecule has 0 fully saturated rings. The van der Waals surface area contributed by atoms with Crippen LogP contribution in [0.2, 0.25) is 0 Å². The Bertz CT molecular complexity index is 1380. The summed E-state index contributed by atoms with van der Waals surface area (Å²) in [6.07, 6.45) is 0. The number of benzene rings is 3. The first-order valence-electron chi connectivity index (χ1n) is 9.55. The number of aryl methyl sites for hydroxylation is 1. The van der Waals surface area contributed by atoms with Gasteiger partial charge in [0.05, 0.1) is 16.8 Å². The fourth-order valence-electron chi connectivity index (χ4n) is 3.15. The Morgan fingerprint density at radius 1 is 0.938 bits per heavy atom. The van der Waals surface area contributed by atoms with Crippen LogP contribution in [0.4, 0.5) is 15.8 Å². The van der Waals surface area contributed by atoms with E-state index in [0.29, 0.717) is 16.8 Å². The molecule has 0 unspecified atom stereocenters. The van der Waals surface area contributed by atoms with E-state index in [-0.39, 0.29) is 22.6 Å². The highest BCUT2D eigenvalue weighted by Gasteiger charge is 2.18. The lowest BCUT2D eigenvalue weighted by Crippen LogP contribution is -2.20. The second-order valence-corrected chi connectivity index (χ2v) is 6.91. The van der Waals surface area contributed by atoms with Gasteiger partial charge in [-0.25, -0.2) is 9.18 Å². The molecule has 2 amide bonds. The molecule has 0 aliphatic carbocycles. The molecule has 32 heavy (non-hydrogen) atoms. The first-order valence-corrected chi connectivity index (χ1v) is 9.55. The molecule has 0 atom stereocenters. The number of anilines is 2. The molecule has 9 heteroatoms. The predicted octanol–water partition coefficient (Wildman–Crippen LogP) is 3.98. The molecule has 0 saturated heterocycles. The topological polar surface area (TPSA) is 117 Å². The highest BCUT2D eigenvalue weighted by Crippen LogP contribution is 2.24. The maximum Gasteiger partial charge on any atom is 0.439 e. The number of aromatic nitrogens is 2. The van der Waals surface area contributed by atoms with Crippen molar-refractivity contribution in [3.05, 3.63) is 99.8 Å². The number of halogens is 1. The normalized spacial score (nSPS) is 10.6. The molecular formula is C23H17FN4O4. The van der Waals surface area contributed by atoms with Gasteiger partial charge in [0.2, 0.25) is 0 Å². The third-order valence-electron chi connectivity index (χ3n) is 4.71. The van der Waals surface area contributed by atoms with Crippen LogP contribution >= 0.6 is 0 Å². The van der Waals surface area contributed by atoms with Gasteiger partial charge < -0.3 is 10.6 Å². The standard InChI is InChI=1S/C23H17FN4O4/c1-13-6-4-10-17(19(13)26-21(29)16-9-2-3-11-18(16)24)22(30)25-15-8-5-7-14(12-15)20-27-23(31)32-28-20/h2-12H,1H3,(H,25,30)(H,26,29)(H,27,28,31). The molecule has 3 N–H and O–H groups in total. The number of carbonyl (C=O) groups excluding carboxylic acids is 2. The molecule has 0 saturated carbocycles. The van der Waals surface area contributed by atoms with E-state index < -0.39 is 23.4 Å². The zero-order chi connectivity index (χ0) is 22.7. The minimum absolute atomic E-state index is 0.128. The minimum Gasteiger partial charge on any atom is -0.322 e. The fraction of sp³-hybridized carbons (Fsp3) is 0.0435. The van der Waals surface area contributed by atoms with E-state index in [4.69, 9.17) is 0 Å². The third-order valence-corrected chi connectivity index (χ3v) is 4.71. The van der Waals surface area contributed by atoms with Gasteiger partial charge in [-0.3, -0.25) is 19.1 Å². The van der Waals surface area contributed by atoms with Crippen LogP contribution in [0.15, 0.2) is 76.0 Å². The molecule has 3 aromatic carbocycles. The Morgan fingerprint density at radius 2 is 1.66 bits per heavy atom. The number of nitrogens with zero attached hydrogens (tertiary/aromatic N) is 1. The van der Waals surface area contributed by atoms with E-state index >= 15 is 0 Å². The van der Waals surface area contributed by atoms with Gasteiger partial charge >= 0.3 is 5.76 Å². The van der Waals surface area contributed by atoms with Crippen LogP contribution in [0, 0.1) is 12.7 Å². The average molecular weight is 432 g/mol. The number of rotatable bonds is 5. The molecule has 4 rings (SSSR count). The second-order valence-electron chi connectivity index (χ2n) is 6.91. The Hall–Kier alpha value is -4.53. The summed E-state index contributed by atoms with van der Waals surface area (Å²) in [7, 11) is 0. The van der Waals surface area contributed by atoms with Gasteiger partial charge in [-0.05, 0) is 42.8 Å². The summed E-state index contributed by atoms with van der Waals surface area (Å²) in [5.41, 5.74) is 1.95. The summed E-state index contributed by atoms with van der Waals surface area (Å²) in [6, 6.07) is 17.2. The minimum atomic E-state index is -0.690. The molecule has 0 spiro atoms. The van der Waals surface area contributed by atoms with Crippen LogP contribution in [0.1, 0.15) is 26.3 Å². The average Bonchev–Trinajstić information content (AvgIpc) is 3.22. The maximum atomic E-state index is 14.0. The van der Waals surface area contributed by atoms with E-state index in [9.17, 15) is 18.8 Å². The highest BCUT2D eigenvalue weighted by atomic mass is 19.1.